The standard InChI is InChI=1S/C27H26FNO7S2/c1-34-17-16-29(37(30,31)27-9-5-7-21-6-3-4-8-24(21)27)19-20-10-15-25(35-2)26(18-20)36-38(32,33)23-13-11-22(28)12-14-23/h3-15,18H,16-17,19H2,1-2H3. The van der Waals surface area contributed by atoms with Gasteiger partial charge in [0.1, 0.15) is 10.7 Å². The van der Waals surface area contributed by atoms with E-state index >= 15 is 0 Å². The summed E-state index contributed by atoms with van der Waals surface area (Å²) in [5, 5.41) is 1.37. The van der Waals surface area contributed by atoms with E-state index in [1.54, 1.807) is 30.3 Å². The van der Waals surface area contributed by atoms with Gasteiger partial charge in [0.25, 0.3) is 0 Å². The van der Waals surface area contributed by atoms with Gasteiger partial charge in [-0.15, -0.1) is 0 Å². The first-order chi connectivity index (χ1) is 18.2. The van der Waals surface area contributed by atoms with E-state index in [0.29, 0.717) is 10.9 Å². The van der Waals surface area contributed by atoms with Crippen LogP contribution in [0.5, 0.6) is 11.5 Å². The predicted octanol–water partition coefficient (Wildman–Crippen LogP) is 4.59. The molecule has 0 saturated carbocycles. The van der Waals surface area contributed by atoms with Crippen molar-refractivity contribution in [3.63, 3.8) is 0 Å². The Morgan fingerprint density at radius 3 is 2.24 bits per heavy atom. The summed E-state index contributed by atoms with van der Waals surface area (Å²) in [6.07, 6.45) is 0. The minimum atomic E-state index is -4.32. The molecule has 0 atom stereocenters. The number of sulfonamides is 1. The highest BCUT2D eigenvalue weighted by Crippen LogP contribution is 2.33. The fraction of sp³-hybridized carbons (Fsp3) is 0.185. The largest absolute Gasteiger partial charge is 0.493 e. The molecule has 0 heterocycles. The second-order valence-corrected chi connectivity index (χ2v) is 11.7. The summed E-state index contributed by atoms with van der Waals surface area (Å²) in [4.78, 5) is -0.0952. The molecule has 0 radical (unpaired) electrons. The van der Waals surface area contributed by atoms with Crippen molar-refractivity contribution in [2.24, 2.45) is 0 Å². The van der Waals surface area contributed by atoms with Crippen LogP contribution in [0.4, 0.5) is 4.39 Å². The van der Waals surface area contributed by atoms with Crippen LogP contribution < -0.4 is 8.92 Å². The molecule has 0 aliphatic carbocycles. The Kier molecular flexibility index (Phi) is 8.32. The molecule has 4 rings (SSSR count). The lowest BCUT2D eigenvalue weighted by Crippen LogP contribution is -2.33. The molecule has 0 N–H and O–H groups in total. The van der Waals surface area contributed by atoms with Crippen LogP contribution in [0.25, 0.3) is 10.8 Å². The zero-order chi connectivity index (χ0) is 27.3. The number of rotatable bonds is 11. The average Bonchev–Trinajstić information content (AvgIpc) is 2.90. The van der Waals surface area contributed by atoms with Gasteiger partial charge >= 0.3 is 10.1 Å². The van der Waals surface area contributed by atoms with Crippen molar-refractivity contribution in [3.05, 3.63) is 96.3 Å². The maximum Gasteiger partial charge on any atom is 0.339 e. The quantitative estimate of drug-likeness (QED) is 0.248. The highest BCUT2D eigenvalue weighted by Gasteiger charge is 2.27. The van der Waals surface area contributed by atoms with Crippen molar-refractivity contribution >= 4 is 30.9 Å². The molecule has 0 fully saturated rings. The number of halogens is 1. The second-order valence-electron chi connectivity index (χ2n) is 8.29. The van der Waals surface area contributed by atoms with Gasteiger partial charge in [-0.1, -0.05) is 42.5 Å². The van der Waals surface area contributed by atoms with Crippen molar-refractivity contribution in [3.8, 4) is 11.5 Å². The fourth-order valence-electron chi connectivity index (χ4n) is 3.89. The molecule has 0 unspecified atom stereocenters. The van der Waals surface area contributed by atoms with Crippen molar-refractivity contribution in [2.45, 2.75) is 16.3 Å². The molecule has 8 nitrogen and oxygen atoms in total. The van der Waals surface area contributed by atoms with Crippen LogP contribution in [-0.4, -0.2) is 48.5 Å². The van der Waals surface area contributed by atoms with Crippen LogP contribution in [0.15, 0.2) is 94.7 Å². The summed E-state index contributed by atoms with van der Waals surface area (Å²) < 4.78 is 83.4. The van der Waals surface area contributed by atoms with Crippen LogP contribution in [-0.2, 0) is 31.4 Å². The first kappa shape index (κ1) is 27.5. The van der Waals surface area contributed by atoms with Gasteiger partial charge in [-0.3, -0.25) is 0 Å². The number of benzene rings is 4. The maximum atomic E-state index is 13.8. The van der Waals surface area contributed by atoms with E-state index in [9.17, 15) is 21.2 Å². The summed E-state index contributed by atoms with van der Waals surface area (Å²) in [5.41, 5.74) is 0.454. The molecule has 4 aromatic carbocycles. The topological polar surface area (TPSA) is 99.2 Å². The molecule has 0 aliphatic heterocycles. The van der Waals surface area contributed by atoms with Crippen LogP contribution in [0.3, 0.4) is 0 Å². The van der Waals surface area contributed by atoms with E-state index in [4.69, 9.17) is 13.7 Å². The van der Waals surface area contributed by atoms with Crippen molar-refractivity contribution in [1.82, 2.24) is 4.31 Å². The summed E-state index contributed by atoms with van der Waals surface area (Å²) in [7, 11) is -5.47. The van der Waals surface area contributed by atoms with Crippen LogP contribution in [0.1, 0.15) is 5.56 Å². The minimum Gasteiger partial charge on any atom is -0.493 e. The number of hydrogen-bond donors (Lipinski definition) is 0. The molecule has 38 heavy (non-hydrogen) atoms. The Hall–Kier alpha value is -3.51. The second kappa shape index (κ2) is 11.5. The highest BCUT2D eigenvalue weighted by molar-refractivity contribution is 7.89. The Morgan fingerprint density at radius 1 is 0.816 bits per heavy atom. The Morgan fingerprint density at radius 2 is 1.53 bits per heavy atom. The van der Waals surface area contributed by atoms with Crippen LogP contribution >= 0.6 is 0 Å². The SMILES string of the molecule is COCCN(Cc1ccc(OC)c(OS(=O)(=O)c2ccc(F)cc2)c1)S(=O)(=O)c1cccc2ccccc12. The lowest BCUT2D eigenvalue weighted by Gasteiger charge is -2.23. The first-order valence-electron chi connectivity index (χ1n) is 11.5. The number of nitrogens with zero attached hydrogens (tertiary/aromatic N) is 1. The van der Waals surface area contributed by atoms with Gasteiger partial charge in [0, 0.05) is 25.6 Å². The molecule has 0 bridgehead atoms. The van der Waals surface area contributed by atoms with Crippen molar-refractivity contribution in [1.29, 1.82) is 0 Å². The van der Waals surface area contributed by atoms with Crippen molar-refractivity contribution < 1.29 is 34.9 Å². The van der Waals surface area contributed by atoms with E-state index in [1.165, 1.54) is 30.7 Å². The smallest absolute Gasteiger partial charge is 0.339 e. The van der Waals surface area contributed by atoms with Gasteiger partial charge in [0.05, 0.1) is 18.6 Å². The van der Waals surface area contributed by atoms with Gasteiger partial charge < -0.3 is 13.7 Å². The van der Waals surface area contributed by atoms with Crippen molar-refractivity contribution in [2.75, 3.05) is 27.4 Å². The van der Waals surface area contributed by atoms with Gasteiger partial charge in [-0.05, 0) is 53.4 Å². The average molecular weight is 560 g/mol. The Labute approximate surface area is 221 Å². The summed E-state index contributed by atoms with van der Waals surface area (Å²) in [5.74, 6) is -0.601. The third kappa shape index (κ3) is 5.97. The molecular weight excluding hydrogens is 533 g/mol. The summed E-state index contributed by atoms with van der Waals surface area (Å²) in [6, 6.07) is 21.0. The van der Waals surface area contributed by atoms with Gasteiger partial charge in [-0.25, -0.2) is 12.8 Å². The van der Waals surface area contributed by atoms with Crippen LogP contribution in [0, 0.1) is 5.82 Å². The summed E-state index contributed by atoms with van der Waals surface area (Å²) >= 11 is 0. The molecule has 0 saturated heterocycles. The predicted molar refractivity (Wildman–Crippen MR) is 141 cm³/mol. The molecule has 4 aromatic rings. The number of hydrogen-bond acceptors (Lipinski definition) is 7. The zero-order valence-electron chi connectivity index (χ0n) is 20.7. The monoisotopic (exact) mass is 559 g/mol. The molecule has 0 aromatic heterocycles. The molecule has 200 valence electrons. The maximum absolute atomic E-state index is 13.8. The lowest BCUT2D eigenvalue weighted by atomic mass is 10.1. The molecule has 0 amide bonds. The molecular formula is C27H26FNO7S2. The molecule has 11 heteroatoms. The van der Waals surface area contributed by atoms with Crippen LogP contribution in [0.2, 0.25) is 0 Å². The lowest BCUT2D eigenvalue weighted by molar-refractivity contribution is 0.177. The van der Waals surface area contributed by atoms with Gasteiger partial charge in [0.15, 0.2) is 11.5 Å². The van der Waals surface area contributed by atoms with E-state index in [-0.39, 0.29) is 41.0 Å². The first-order valence-corrected chi connectivity index (χ1v) is 14.3. The Balaban J connectivity index is 1.69. The number of fused-ring (bicyclic) bond motifs is 1. The Bertz CT molecular complexity index is 1630. The van der Waals surface area contributed by atoms with Gasteiger partial charge in [-0.2, -0.15) is 12.7 Å². The third-order valence-electron chi connectivity index (χ3n) is 5.80. The normalized spacial score (nSPS) is 12.1. The highest BCUT2D eigenvalue weighted by atomic mass is 32.2. The van der Waals surface area contributed by atoms with E-state index in [2.05, 4.69) is 0 Å². The van der Waals surface area contributed by atoms with E-state index in [0.717, 1.165) is 29.7 Å². The van der Waals surface area contributed by atoms with E-state index < -0.39 is 26.0 Å². The summed E-state index contributed by atoms with van der Waals surface area (Å²) in [6.45, 7) is 0.104. The molecule has 0 aliphatic rings. The molecule has 0 spiro atoms. The number of methoxy groups -OCH3 is 2. The fourth-order valence-corrected chi connectivity index (χ4v) is 6.45. The van der Waals surface area contributed by atoms with E-state index in [1.807, 2.05) is 18.2 Å². The zero-order valence-corrected chi connectivity index (χ0v) is 22.3. The third-order valence-corrected chi connectivity index (χ3v) is 8.95. The number of ether oxygens (including phenoxy) is 2. The minimum absolute atomic E-state index is 0.0537. The van der Waals surface area contributed by atoms with Gasteiger partial charge in [0.2, 0.25) is 10.0 Å².